The number of rotatable bonds is 6. The van der Waals surface area contributed by atoms with Gasteiger partial charge >= 0.3 is 0 Å². The summed E-state index contributed by atoms with van der Waals surface area (Å²) in [7, 11) is 0. The number of aryl methyl sites for hydroxylation is 1. The summed E-state index contributed by atoms with van der Waals surface area (Å²) < 4.78 is 0. The maximum absolute atomic E-state index is 9.28. The quantitative estimate of drug-likeness (QED) is 0.819. The predicted molar refractivity (Wildman–Crippen MR) is 73.4 cm³/mol. The molecule has 0 saturated carbocycles. The lowest BCUT2D eigenvalue weighted by molar-refractivity contribution is 0.223. The van der Waals surface area contributed by atoms with Crippen LogP contribution in [0.5, 0.6) is 0 Å². The zero-order chi connectivity index (χ0) is 12.8. The SMILES string of the molecule is Cc1cc(Cl)ccc1CNC(CO)CC(C)C. The summed E-state index contributed by atoms with van der Waals surface area (Å²) in [5.41, 5.74) is 2.42. The molecule has 0 bridgehead atoms. The highest BCUT2D eigenvalue weighted by Crippen LogP contribution is 2.15. The van der Waals surface area contributed by atoms with Gasteiger partial charge in [0.2, 0.25) is 0 Å². The zero-order valence-corrected chi connectivity index (χ0v) is 11.6. The van der Waals surface area contributed by atoms with Gasteiger partial charge in [-0.05, 0) is 42.5 Å². The van der Waals surface area contributed by atoms with Gasteiger partial charge in [-0.1, -0.05) is 31.5 Å². The lowest BCUT2D eigenvalue weighted by Gasteiger charge is -2.19. The van der Waals surface area contributed by atoms with Crippen molar-refractivity contribution in [2.24, 2.45) is 5.92 Å². The molecule has 3 heteroatoms. The molecule has 0 radical (unpaired) electrons. The van der Waals surface area contributed by atoms with Crippen LogP contribution in [0.15, 0.2) is 18.2 Å². The van der Waals surface area contributed by atoms with Crippen molar-refractivity contribution in [3.8, 4) is 0 Å². The Hall–Kier alpha value is -0.570. The normalized spacial score (nSPS) is 13.1. The van der Waals surface area contributed by atoms with E-state index < -0.39 is 0 Å². The van der Waals surface area contributed by atoms with E-state index in [1.54, 1.807) is 0 Å². The molecule has 1 aromatic rings. The largest absolute Gasteiger partial charge is 0.395 e. The molecule has 0 fully saturated rings. The van der Waals surface area contributed by atoms with E-state index in [1.165, 1.54) is 11.1 Å². The van der Waals surface area contributed by atoms with Crippen molar-refractivity contribution in [1.29, 1.82) is 0 Å². The highest BCUT2D eigenvalue weighted by Gasteiger charge is 2.09. The predicted octanol–water partition coefficient (Wildman–Crippen LogP) is 3.15. The monoisotopic (exact) mass is 255 g/mol. The average molecular weight is 256 g/mol. The molecule has 0 aliphatic rings. The first kappa shape index (κ1) is 14.5. The van der Waals surface area contributed by atoms with E-state index >= 15 is 0 Å². The Morgan fingerprint density at radius 1 is 1.35 bits per heavy atom. The Kier molecular flexibility index (Phi) is 5.96. The minimum Gasteiger partial charge on any atom is -0.395 e. The molecule has 1 atom stereocenters. The number of nitrogens with one attached hydrogen (secondary N) is 1. The van der Waals surface area contributed by atoms with Crippen LogP contribution in [0.25, 0.3) is 0 Å². The lowest BCUT2D eigenvalue weighted by atomic mass is 10.0. The summed E-state index contributed by atoms with van der Waals surface area (Å²) in [5.74, 6) is 0.589. The lowest BCUT2D eigenvalue weighted by Crippen LogP contribution is -2.33. The van der Waals surface area contributed by atoms with Gasteiger partial charge in [-0.25, -0.2) is 0 Å². The van der Waals surface area contributed by atoms with Crippen LogP contribution in [0.4, 0.5) is 0 Å². The van der Waals surface area contributed by atoms with Gasteiger partial charge in [-0.15, -0.1) is 0 Å². The first-order valence-corrected chi connectivity index (χ1v) is 6.50. The molecule has 0 amide bonds. The standard InChI is InChI=1S/C14H22ClNO/c1-10(2)6-14(9-17)16-8-12-4-5-13(15)7-11(12)3/h4-5,7,10,14,16-17H,6,8-9H2,1-3H3. The fourth-order valence-electron chi connectivity index (χ4n) is 1.90. The highest BCUT2D eigenvalue weighted by molar-refractivity contribution is 6.30. The Bertz CT molecular complexity index is 352. The van der Waals surface area contributed by atoms with E-state index in [4.69, 9.17) is 11.6 Å². The number of hydrogen-bond donors (Lipinski definition) is 2. The van der Waals surface area contributed by atoms with Gasteiger partial charge in [0.05, 0.1) is 6.61 Å². The summed E-state index contributed by atoms with van der Waals surface area (Å²) in [6, 6.07) is 6.08. The van der Waals surface area contributed by atoms with E-state index in [2.05, 4.69) is 26.1 Å². The molecule has 0 heterocycles. The first-order valence-electron chi connectivity index (χ1n) is 6.12. The van der Waals surface area contributed by atoms with Gasteiger partial charge in [-0.2, -0.15) is 0 Å². The van der Waals surface area contributed by atoms with Crippen molar-refractivity contribution in [3.05, 3.63) is 34.3 Å². The van der Waals surface area contributed by atoms with Crippen molar-refractivity contribution in [2.45, 2.75) is 39.8 Å². The second-order valence-electron chi connectivity index (χ2n) is 4.96. The Labute approximate surface area is 109 Å². The van der Waals surface area contributed by atoms with Gasteiger partial charge in [0.1, 0.15) is 0 Å². The van der Waals surface area contributed by atoms with Crippen LogP contribution in [-0.2, 0) is 6.54 Å². The first-order chi connectivity index (χ1) is 8.02. The fraction of sp³-hybridized carbons (Fsp3) is 0.571. The number of aliphatic hydroxyl groups is 1. The molecule has 1 aromatic carbocycles. The van der Waals surface area contributed by atoms with E-state index in [0.29, 0.717) is 5.92 Å². The van der Waals surface area contributed by atoms with Crippen LogP contribution in [0.3, 0.4) is 0 Å². The van der Waals surface area contributed by atoms with Crippen LogP contribution < -0.4 is 5.32 Å². The molecule has 0 aliphatic carbocycles. The molecule has 96 valence electrons. The van der Waals surface area contributed by atoms with Crippen LogP contribution >= 0.6 is 11.6 Å². The minimum atomic E-state index is 0.171. The van der Waals surface area contributed by atoms with Crippen molar-refractivity contribution < 1.29 is 5.11 Å². The molecule has 1 unspecified atom stereocenters. The molecule has 1 rings (SSSR count). The number of halogens is 1. The summed E-state index contributed by atoms with van der Waals surface area (Å²) in [6.07, 6.45) is 0.989. The van der Waals surface area contributed by atoms with Crippen LogP contribution in [0, 0.1) is 12.8 Å². The van der Waals surface area contributed by atoms with Crippen LogP contribution in [0.2, 0.25) is 5.02 Å². The van der Waals surface area contributed by atoms with Crippen molar-refractivity contribution >= 4 is 11.6 Å². The second-order valence-corrected chi connectivity index (χ2v) is 5.40. The molecule has 0 aliphatic heterocycles. The molecule has 17 heavy (non-hydrogen) atoms. The number of hydrogen-bond acceptors (Lipinski definition) is 2. The minimum absolute atomic E-state index is 0.171. The Morgan fingerprint density at radius 2 is 2.06 bits per heavy atom. The number of aliphatic hydroxyl groups excluding tert-OH is 1. The van der Waals surface area contributed by atoms with Crippen LogP contribution in [0.1, 0.15) is 31.4 Å². The van der Waals surface area contributed by atoms with Gasteiger partial charge in [0.25, 0.3) is 0 Å². The molecule has 0 aromatic heterocycles. The summed E-state index contributed by atoms with van der Waals surface area (Å²) in [5, 5.41) is 13.4. The summed E-state index contributed by atoms with van der Waals surface area (Å²) in [6.45, 7) is 7.35. The summed E-state index contributed by atoms with van der Waals surface area (Å²) in [4.78, 5) is 0. The molecular weight excluding hydrogens is 234 g/mol. The maximum Gasteiger partial charge on any atom is 0.0584 e. The Balaban J connectivity index is 2.53. The molecule has 0 spiro atoms. The smallest absolute Gasteiger partial charge is 0.0584 e. The van der Waals surface area contributed by atoms with Gasteiger partial charge in [-0.3, -0.25) is 0 Å². The van der Waals surface area contributed by atoms with Crippen molar-refractivity contribution in [3.63, 3.8) is 0 Å². The van der Waals surface area contributed by atoms with E-state index in [-0.39, 0.29) is 12.6 Å². The summed E-state index contributed by atoms with van der Waals surface area (Å²) >= 11 is 5.92. The molecule has 2 N–H and O–H groups in total. The second kappa shape index (κ2) is 7.00. The maximum atomic E-state index is 9.28. The molecular formula is C14H22ClNO. The fourth-order valence-corrected chi connectivity index (χ4v) is 2.13. The highest BCUT2D eigenvalue weighted by atomic mass is 35.5. The molecule has 0 saturated heterocycles. The Morgan fingerprint density at radius 3 is 2.59 bits per heavy atom. The topological polar surface area (TPSA) is 32.3 Å². The average Bonchev–Trinajstić information content (AvgIpc) is 2.25. The van der Waals surface area contributed by atoms with Gasteiger partial charge in [0, 0.05) is 17.6 Å². The van der Waals surface area contributed by atoms with Crippen molar-refractivity contribution in [2.75, 3.05) is 6.61 Å². The van der Waals surface area contributed by atoms with Crippen LogP contribution in [-0.4, -0.2) is 17.8 Å². The van der Waals surface area contributed by atoms with Crippen molar-refractivity contribution in [1.82, 2.24) is 5.32 Å². The van der Waals surface area contributed by atoms with Gasteiger partial charge < -0.3 is 10.4 Å². The van der Waals surface area contributed by atoms with E-state index in [1.807, 2.05) is 18.2 Å². The third-order valence-electron chi connectivity index (χ3n) is 2.86. The number of benzene rings is 1. The third kappa shape index (κ3) is 5.07. The zero-order valence-electron chi connectivity index (χ0n) is 10.8. The molecule has 2 nitrogen and oxygen atoms in total. The third-order valence-corrected chi connectivity index (χ3v) is 3.10. The van der Waals surface area contributed by atoms with E-state index in [0.717, 1.165) is 18.0 Å². The van der Waals surface area contributed by atoms with E-state index in [9.17, 15) is 5.11 Å². The van der Waals surface area contributed by atoms with Gasteiger partial charge in [0.15, 0.2) is 0 Å².